The van der Waals surface area contributed by atoms with Crippen molar-refractivity contribution in [3.8, 4) is 0 Å². The summed E-state index contributed by atoms with van der Waals surface area (Å²) in [7, 11) is 0. The van der Waals surface area contributed by atoms with Crippen LogP contribution in [0.3, 0.4) is 0 Å². The van der Waals surface area contributed by atoms with Crippen molar-refractivity contribution >= 4 is 22.7 Å². The number of hydrogen-bond acceptors (Lipinski definition) is 4. The summed E-state index contributed by atoms with van der Waals surface area (Å²) in [5, 5.41) is 3.08. The van der Waals surface area contributed by atoms with Crippen molar-refractivity contribution in [3.05, 3.63) is 40.6 Å². The maximum atomic E-state index is 13.0. The van der Waals surface area contributed by atoms with Crippen LogP contribution in [-0.2, 0) is 6.54 Å². The molecule has 2 rings (SSSR count). The zero-order valence-electron chi connectivity index (χ0n) is 7.90. The van der Waals surface area contributed by atoms with E-state index in [0.29, 0.717) is 17.9 Å². The molecule has 0 amide bonds. The fourth-order valence-electron chi connectivity index (χ4n) is 1.23. The first kappa shape index (κ1) is 9.92. The van der Waals surface area contributed by atoms with Gasteiger partial charge in [0.1, 0.15) is 5.82 Å². The van der Waals surface area contributed by atoms with E-state index in [9.17, 15) is 4.39 Å². The van der Waals surface area contributed by atoms with Gasteiger partial charge in [-0.2, -0.15) is 0 Å². The molecule has 0 unspecified atom stereocenters. The van der Waals surface area contributed by atoms with Gasteiger partial charge in [-0.25, -0.2) is 4.39 Å². The van der Waals surface area contributed by atoms with Crippen molar-refractivity contribution < 1.29 is 4.39 Å². The van der Waals surface area contributed by atoms with E-state index in [0.717, 1.165) is 4.88 Å². The number of thiazole rings is 1. The molecule has 3 N–H and O–H groups in total. The van der Waals surface area contributed by atoms with E-state index < -0.39 is 0 Å². The molecular weight excluding hydrogens is 213 g/mol. The molecule has 3 nitrogen and oxygen atoms in total. The smallest absolute Gasteiger partial charge is 0.127 e. The second-order valence-corrected chi connectivity index (χ2v) is 4.07. The third-order valence-electron chi connectivity index (χ3n) is 1.87. The fraction of sp³-hybridized carbons (Fsp3) is 0.100. The molecule has 5 heteroatoms. The summed E-state index contributed by atoms with van der Waals surface area (Å²) >= 11 is 1.55. The van der Waals surface area contributed by atoms with Crippen molar-refractivity contribution in [1.82, 2.24) is 4.98 Å². The van der Waals surface area contributed by atoms with Crippen LogP contribution in [0.5, 0.6) is 0 Å². The van der Waals surface area contributed by atoms with Gasteiger partial charge >= 0.3 is 0 Å². The largest absolute Gasteiger partial charge is 0.399 e. The molecule has 0 aliphatic heterocycles. The Bertz CT molecular complexity index is 422. The Kier molecular flexibility index (Phi) is 2.82. The Morgan fingerprint density at radius 1 is 1.40 bits per heavy atom. The third-order valence-corrected chi connectivity index (χ3v) is 2.65. The molecule has 0 bridgehead atoms. The van der Waals surface area contributed by atoms with Crippen LogP contribution in [0.25, 0.3) is 0 Å². The summed E-state index contributed by atoms with van der Waals surface area (Å²) in [6.45, 7) is 0.633. The molecule has 1 aromatic heterocycles. The quantitative estimate of drug-likeness (QED) is 0.786. The number of aromatic nitrogens is 1. The molecule has 0 aliphatic rings. The van der Waals surface area contributed by atoms with Crippen molar-refractivity contribution in [2.75, 3.05) is 11.1 Å². The molecular formula is C10H10FN3S. The maximum absolute atomic E-state index is 13.0. The van der Waals surface area contributed by atoms with Crippen LogP contribution < -0.4 is 11.1 Å². The molecule has 0 radical (unpaired) electrons. The Balaban J connectivity index is 2.05. The number of nitrogens with two attached hydrogens (primary N) is 1. The summed E-state index contributed by atoms with van der Waals surface area (Å²) in [6, 6.07) is 4.40. The molecule has 0 aliphatic carbocycles. The number of benzene rings is 1. The number of nitrogens with one attached hydrogen (secondary N) is 1. The minimum atomic E-state index is -0.332. The normalized spacial score (nSPS) is 10.2. The molecule has 0 fully saturated rings. The lowest BCUT2D eigenvalue weighted by Gasteiger charge is -2.05. The predicted octanol–water partition coefficient (Wildman–Crippen LogP) is 2.48. The summed E-state index contributed by atoms with van der Waals surface area (Å²) in [4.78, 5) is 5.04. The highest BCUT2D eigenvalue weighted by molar-refractivity contribution is 7.09. The SMILES string of the molecule is Nc1cc(F)cc(NCc2cncs2)c1. The van der Waals surface area contributed by atoms with Crippen LogP contribution in [0.15, 0.2) is 29.9 Å². The van der Waals surface area contributed by atoms with Crippen LogP contribution in [-0.4, -0.2) is 4.98 Å². The van der Waals surface area contributed by atoms with E-state index >= 15 is 0 Å². The van der Waals surface area contributed by atoms with Crippen molar-refractivity contribution in [2.24, 2.45) is 0 Å². The standard InChI is InChI=1S/C10H10FN3S/c11-7-1-8(12)3-9(2-7)14-5-10-4-13-6-15-10/h1-4,6,14H,5,12H2. The molecule has 2 aromatic rings. The van der Waals surface area contributed by atoms with Crippen molar-refractivity contribution in [1.29, 1.82) is 0 Å². The van der Waals surface area contributed by atoms with E-state index in [4.69, 9.17) is 5.73 Å². The Morgan fingerprint density at radius 3 is 2.93 bits per heavy atom. The molecule has 78 valence electrons. The van der Waals surface area contributed by atoms with Gasteiger partial charge in [0.25, 0.3) is 0 Å². The molecule has 15 heavy (non-hydrogen) atoms. The predicted molar refractivity (Wildman–Crippen MR) is 60.3 cm³/mol. The molecule has 0 spiro atoms. The van der Waals surface area contributed by atoms with Gasteiger partial charge in [0.15, 0.2) is 0 Å². The number of nitrogen functional groups attached to an aromatic ring is 1. The minimum absolute atomic E-state index is 0.332. The molecule has 0 atom stereocenters. The van der Waals surface area contributed by atoms with E-state index in [1.54, 1.807) is 29.1 Å². The minimum Gasteiger partial charge on any atom is -0.399 e. The Hall–Kier alpha value is -1.62. The maximum Gasteiger partial charge on any atom is 0.127 e. The van der Waals surface area contributed by atoms with Crippen molar-refractivity contribution in [3.63, 3.8) is 0 Å². The van der Waals surface area contributed by atoms with Gasteiger partial charge in [0.05, 0.1) is 12.1 Å². The second-order valence-electron chi connectivity index (χ2n) is 3.09. The number of nitrogens with zero attached hydrogens (tertiary/aromatic N) is 1. The zero-order valence-corrected chi connectivity index (χ0v) is 8.72. The number of rotatable bonds is 3. The first-order valence-electron chi connectivity index (χ1n) is 4.41. The Morgan fingerprint density at radius 2 is 2.27 bits per heavy atom. The monoisotopic (exact) mass is 223 g/mol. The van der Waals surface area contributed by atoms with E-state index in [-0.39, 0.29) is 5.82 Å². The molecule has 1 heterocycles. The average Bonchev–Trinajstić information content (AvgIpc) is 2.65. The first-order valence-corrected chi connectivity index (χ1v) is 5.29. The zero-order chi connectivity index (χ0) is 10.7. The number of hydrogen-bond donors (Lipinski definition) is 2. The lowest BCUT2D eigenvalue weighted by molar-refractivity contribution is 0.629. The van der Waals surface area contributed by atoms with Crippen LogP contribution in [0.4, 0.5) is 15.8 Å². The van der Waals surface area contributed by atoms with Crippen LogP contribution in [0.2, 0.25) is 0 Å². The van der Waals surface area contributed by atoms with E-state index in [2.05, 4.69) is 10.3 Å². The molecule has 0 saturated heterocycles. The van der Waals surface area contributed by atoms with E-state index in [1.165, 1.54) is 12.1 Å². The van der Waals surface area contributed by atoms with Crippen LogP contribution in [0, 0.1) is 5.82 Å². The summed E-state index contributed by atoms with van der Waals surface area (Å²) < 4.78 is 13.0. The van der Waals surface area contributed by atoms with Gasteiger partial charge < -0.3 is 11.1 Å². The first-order chi connectivity index (χ1) is 7.24. The second kappa shape index (κ2) is 4.27. The highest BCUT2D eigenvalue weighted by Crippen LogP contribution is 2.17. The average molecular weight is 223 g/mol. The summed E-state index contributed by atoms with van der Waals surface area (Å²) in [5.41, 5.74) is 8.38. The Labute approximate surface area is 90.8 Å². The third kappa shape index (κ3) is 2.66. The topological polar surface area (TPSA) is 50.9 Å². The highest BCUT2D eigenvalue weighted by atomic mass is 32.1. The van der Waals surface area contributed by atoms with Gasteiger partial charge in [-0.05, 0) is 18.2 Å². The molecule has 0 saturated carbocycles. The highest BCUT2D eigenvalue weighted by Gasteiger charge is 1.99. The van der Waals surface area contributed by atoms with Crippen LogP contribution in [0.1, 0.15) is 4.88 Å². The van der Waals surface area contributed by atoms with Gasteiger partial charge in [0.2, 0.25) is 0 Å². The van der Waals surface area contributed by atoms with Gasteiger partial charge in [0, 0.05) is 22.4 Å². The van der Waals surface area contributed by atoms with Gasteiger partial charge in [-0.1, -0.05) is 0 Å². The lowest BCUT2D eigenvalue weighted by Crippen LogP contribution is -1.99. The number of anilines is 2. The van der Waals surface area contributed by atoms with Crippen molar-refractivity contribution in [2.45, 2.75) is 6.54 Å². The number of halogens is 1. The summed E-state index contributed by atoms with van der Waals surface area (Å²) in [5.74, 6) is -0.332. The van der Waals surface area contributed by atoms with Gasteiger partial charge in [-0.3, -0.25) is 4.98 Å². The molecule has 1 aromatic carbocycles. The van der Waals surface area contributed by atoms with Gasteiger partial charge in [-0.15, -0.1) is 11.3 Å². The van der Waals surface area contributed by atoms with E-state index in [1.807, 2.05) is 0 Å². The fourth-order valence-corrected chi connectivity index (χ4v) is 1.77. The van der Waals surface area contributed by atoms with Crippen LogP contribution >= 0.6 is 11.3 Å². The summed E-state index contributed by atoms with van der Waals surface area (Å²) in [6.07, 6.45) is 1.78. The lowest BCUT2D eigenvalue weighted by atomic mass is 10.2.